The second-order valence-corrected chi connectivity index (χ2v) is 9.30. The zero-order valence-corrected chi connectivity index (χ0v) is 20.0. The van der Waals surface area contributed by atoms with Gasteiger partial charge in [0, 0.05) is 27.8 Å². The van der Waals surface area contributed by atoms with Crippen molar-refractivity contribution in [3.05, 3.63) is 93.6 Å². The lowest BCUT2D eigenvalue weighted by Crippen LogP contribution is -2.43. The van der Waals surface area contributed by atoms with Gasteiger partial charge < -0.3 is 14.5 Å². The van der Waals surface area contributed by atoms with Gasteiger partial charge in [-0.15, -0.1) is 11.6 Å². The van der Waals surface area contributed by atoms with E-state index in [9.17, 15) is 4.79 Å². The highest BCUT2D eigenvalue weighted by molar-refractivity contribution is 6.30. The Kier molecular flexibility index (Phi) is 6.40. The van der Waals surface area contributed by atoms with Gasteiger partial charge in [-0.1, -0.05) is 48.5 Å². The second kappa shape index (κ2) is 9.61. The largest absolute Gasteiger partial charge is 0.490 e. The van der Waals surface area contributed by atoms with Crippen LogP contribution in [-0.2, 0) is 6.42 Å². The molecule has 34 heavy (non-hydrogen) atoms. The number of rotatable bonds is 5. The normalized spacial score (nSPS) is 18.7. The van der Waals surface area contributed by atoms with E-state index < -0.39 is 6.09 Å². The maximum absolute atomic E-state index is 13.3. The number of H-pyrrole nitrogens is 1. The van der Waals surface area contributed by atoms with Crippen molar-refractivity contribution in [1.29, 1.82) is 0 Å². The summed E-state index contributed by atoms with van der Waals surface area (Å²) >= 11 is 12.4. The van der Waals surface area contributed by atoms with Crippen LogP contribution in [0.25, 0.3) is 12.2 Å². The van der Waals surface area contributed by atoms with E-state index in [1.54, 1.807) is 35.2 Å². The highest BCUT2D eigenvalue weighted by Gasteiger charge is 2.35. The smallest absolute Gasteiger partial charge is 0.416 e. The first kappa shape index (κ1) is 22.6. The van der Waals surface area contributed by atoms with Gasteiger partial charge >= 0.3 is 6.09 Å². The standard InChI is InChI=1S/C27H24Cl2N2O3/c1-2-15-33-20-8-3-17(4-9-20)26-25-22(23-16-19(29)7-12-24(23)30-25)13-14-31(26)27(32)34-21-10-5-18(28)6-11-21/h2-6,8-12,16,19,26,30H,1,7,13-15H2. The third-order valence-electron chi connectivity index (χ3n) is 6.11. The summed E-state index contributed by atoms with van der Waals surface area (Å²) in [6.45, 7) is 4.64. The molecular weight excluding hydrogens is 471 g/mol. The summed E-state index contributed by atoms with van der Waals surface area (Å²) in [6.07, 6.45) is 7.01. The maximum atomic E-state index is 13.3. The van der Waals surface area contributed by atoms with Crippen LogP contribution in [0.1, 0.15) is 29.3 Å². The number of benzene rings is 2. The lowest BCUT2D eigenvalue weighted by Gasteiger charge is -2.35. The van der Waals surface area contributed by atoms with Crippen LogP contribution in [0.5, 0.6) is 11.5 Å². The van der Waals surface area contributed by atoms with Crippen LogP contribution in [0, 0.1) is 0 Å². The van der Waals surface area contributed by atoms with Gasteiger partial charge in [0.05, 0.1) is 5.38 Å². The van der Waals surface area contributed by atoms with Crippen LogP contribution in [0.2, 0.25) is 5.02 Å². The van der Waals surface area contributed by atoms with Gasteiger partial charge in [0.25, 0.3) is 0 Å². The van der Waals surface area contributed by atoms with Crippen LogP contribution in [0.3, 0.4) is 0 Å². The number of halogens is 2. The summed E-state index contributed by atoms with van der Waals surface area (Å²) in [4.78, 5) is 18.7. The van der Waals surface area contributed by atoms with E-state index >= 15 is 0 Å². The van der Waals surface area contributed by atoms with E-state index in [0.717, 1.165) is 34.0 Å². The molecule has 1 N–H and O–H groups in total. The number of fused-ring (bicyclic) bond motifs is 3. The van der Waals surface area contributed by atoms with Crippen LogP contribution < -0.4 is 20.0 Å². The molecule has 5 rings (SSSR count). The molecule has 1 amide bonds. The number of aromatic nitrogens is 1. The molecular formula is C27H24Cl2N2O3. The Morgan fingerprint density at radius 3 is 2.62 bits per heavy atom. The summed E-state index contributed by atoms with van der Waals surface area (Å²) in [7, 11) is 0. The van der Waals surface area contributed by atoms with Crippen molar-refractivity contribution in [3.8, 4) is 11.5 Å². The minimum Gasteiger partial charge on any atom is -0.490 e. The van der Waals surface area contributed by atoms with Crippen LogP contribution in [0.15, 0.2) is 61.2 Å². The molecule has 0 saturated carbocycles. The van der Waals surface area contributed by atoms with Crippen molar-refractivity contribution >= 4 is 41.4 Å². The molecule has 2 unspecified atom stereocenters. The van der Waals surface area contributed by atoms with Gasteiger partial charge in [0.15, 0.2) is 0 Å². The van der Waals surface area contributed by atoms with Crippen molar-refractivity contribution in [3.63, 3.8) is 0 Å². The first-order valence-electron chi connectivity index (χ1n) is 11.2. The third kappa shape index (κ3) is 4.46. The van der Waals surface area contributed by atoms with E-state index in [4.69, 9.17) is 32.7 Å². The lowest BCUT2D eigenvalue weighted by atomic mass is 9.92. The number of nitrogens with zero attached hydrogens (tertiary/aromatic N) is 1. The topological polar surface area (TPSA) is 54.6 Å². The molecule has 1 aliphatic carbocycles. The molecule has 2 aromatic carbocycles. The number of aromatic amines is 1. The third-order valence-corrected chi connectivity index (χ3v) is 6.67. The number of hydrogen-bond acceptors (Lipinski definition) is 3. The minimum absolute atomic E-state index is 0.0277. The summed E-state index contributed by atoms with van der Waals surface area (Å²) in [5, 5.41) is 2.76. The molecule has 0 saturated heterocycles. The predicted octanol–water partition coefficient (Wildman–Crippen LogP) is 4.95. The summed E-state index contributed by atoms with van der Waals surface area (Å²) in [6, 6.07) is 14.2. The SMILES string of the molecule is C=CCOc1ccc(C2c3[nH]c4c(c3CCN2C(=O)Oc2ccc(Cl)cc2)=CC(Cl)CC=4)cc1. The number of amides is 1. The van der Waals surface area contributed by atoms with E-state index in [0.29, 0.717) is 30.3 Å². The Balaban J connectivity index is 1.54. The molecule has 3 aromatic rings. The van der Waals surface area contributed by atoms with Crippen molar-refractivity contribution in [2.24, 2.45) is 0 Å². The Labute approximate surface area is 207 Å². The highest BCUT2D eigenvalue weighted by atomic mass is 35.5. The number of ether oxygens (including phenoxy) is 2. The molecule has 2 aliphatic rings. The van der Waals surface area contributed by atoms with Gasteiger partial charge in [0.2, 0.25) is 0 Å². The van der Waals surface area contributed by atoms with Crippen LogP contribution in [-0.4, -0.2) is 34.5 Å². The molecule has 0 spiro atoms. The zero-order chi connectivity index (χ0) is 23.7. The quantitative estimate of drug-likeness (QED) is 0.403. The van der Waals surface area contributed by atoms with Crippen molar-refractivity contribution in [2.75, 3.05) is 13.2 Å². The first-order valence-corrected chi connectivity index (χ1v) is 12.0. The second-order valence-electron chi connectivity index (χ2n) is 8.30. The molecule has 174 valence electrons. The molecule has 2 atom stereocenters. The molecule has 2 heterocycles. The Bertz CT molecular complexity index is 1330. The number of nitrogens with one attached hydrogen (secondary N) is 1. The summed E-state index contributed by atoms with van der Waals surface area (Å²) in [5.74, 6) is 1.19. The molecule has 0 bridgehead atoms. The lowest BCUT2D eigenvalue weighted by molar-refractivity contribution is 0.135. The molecule has 0 radical (unpaired) electrons. The number of alkyl halides is 1. The fraction of sp³-hybridized carbons (Fsp3) is 0.222. The van der Waals surface area contributed by atoms with Crippen LogP contribution in [0.4, 0.5) is 4.79 Å². The number of carbonyl (C=O) groups excluding carboxylic acids is 1. The van der Waals surface area contributed by atoms with E-state index in [-0.39, 0.29) is 11.4 Å². The molecule has 1 aromatic heterocycles. The molecule has 1 aliphatic heterocycles. The molecule has 0 fully saturated rings. The average Bonchev–Trinajstić information content (AvgIpc) is 3.21. The van der Waals surface area contributed by atoms with Gasteiger partial charge in [-0.2, -0.15) is 0 Å². The summed E-state index contributed by atoms with van der Waals surface area (Å²) < 4.78 is 11.4. The van der Waals surface area contributed by atoms with Crippen LogP contribution >= 0.6 is 23.2 Å². The molecule has 5 nitrogen and oxygen atoms in total. The van der Waals surface area contributed by atoms with Crippen molar-refractivity contribution in [1.82, 2.24) is 9.88 Å². The Morgan fingerprint density at radius 1 is 1.15 bits per heavy atom. The van der Waals surface area contributed by atoms with Gasteiger partial charge in [-0.3, -0.25) is 4.90 Å². The fourth-order valence-electron chi connectivity index (χ4n) is 4.55. The Morgan fingerprint density at radius 2 is 1.88 bits per heavy atom. The Hall–Kier alpha value is -3.15. The van der Waals surface area contributed by atoms with E-state index in [1.165, 1.54) is 5.56 Å². The summed E-state index contributed by atoms with van der Waals surface area (Å²) in [5.41, 5.74) is 3.15. The van der Waals surface area contributed by atoms with Gasteiger partial charge in [0.1, 0.15) is 24.1 Å². The van der Waals surface area contributed by atoms with E-state index in [2.05, 4.69) is 23.7 Å². The average molecular weight is 495 g/mol. The van der Waals surface area contributed by atoms with Crippen molar-refractivity contribution in [2.45, 2.75) is 24.3 Å². The number of carbonyl (C=O) groups is 1. The fourth-order valence-corrected chi connectivity index (χ4v) is 4.89. The maximum Gasteiger partial charge on any atom is 0.416 e. The highest BCUT2D eigenvalue weighted by Crippen LogP contribution is 2.34. The zero-order valence-electron chi connectivity index (χ0n) is 18.5. The van der Waals surface area contributed by atoms with Gasteiger partial charge in [-0.05, 0) is 60.4 Å². The van der Waals surface area contributed by atoms with E-state index in [1.807, 2.05) is 24.3 Å². The first-order chi connectivity index (χ1) is 16.5. The predicted molar refractivity (Wildman–Crippen MR) is 135 cm³/mol. The van der Waals surface area contributed by atoms with Gasteiger partial charge in [-0.25, -0.2) is 4.79 Å². The number of hydrogen-bond donors (Lipinski definition) is 1. The minimum atomic E-state index is -0.416. The monoisotopic (exact) mass is 494 g/mol. The van der Waals surface area contributed by atoms with Crippen molar-refractivity contribution < 1.29 is 14.3 Å². The molecule has 7 heteroatoms.